The molecule has 144 valence electrons. The molecule has 0 spiro atoms. The van der Waals surface area contributed by atoms with E-state index in [1.54, 1.807) is 26.8 Å². The molecule has 0 aliphatic heterocycles. The van der Waals surface area contributed by atoms with Gasteiger partial charge in [0.2, 0.25) is 0 Å². The zero-order valence-electron chi connectivity index (χ0n) is 15.5. The first-order chi connectivity index (χ1) is 13.2. The van der Waals surface area contributed by atoms with E-state index in [0.29, 0.717) is 11.2 Å². The maximum atomic E-state index is 12.8. The van der Waals surface area contributed by atoms with Gasteiger partial charge in [-0.25, -0.2) is 24.1 Å². The Kier molecular flexibility index (Phi) is 5.20. The van der Waals surface area contributed by atoms with E-state index in [-0.39, 0.29) is 16.5 Å². The van der Waals surface area contributed by atoms with Gasteiger partial charge in [0.05, 0.1) is 11.1 Å². The summed E-state index contributed by atoms with van der Waals surface area (Å²) in [7, 11) is 0. The Morgan fingerprint density at radius 2 is 1.86 bits per heavy atom. The summed E-state index contributed by atoms with van der Waals surface area (Å²) in [5.41, 5.74) is 0.484. The largest absolute Gasteiger partial charge is 0.478 e. The van der Waals surface area contributed by atoms with Crippen molar-refractivity contribution >= 4 is 40.8 Å². The first-order valence-electron chi connectivity index (χ1n) is 8.44. The number of fused-ring (bicyclic) bond motifs is 1. The quantitative estimate of drug-likeness (QED) is 0.509. The van der Waals surface area contributed by atoms with Crippen LogP contribution in [0, 0.1) is 0 Å². The van der Waals surface area contributed by atoms with Gasteiger partial charge < -0.3 is 9.84 Å². The zero-order valence-corrected chi connectivity index (χ0v) is 16.3. The van der Waals surface area contributed by atoms with Crippen molar-refractivity contribution in [1.29, 1.82) is 0 Å². The number of carboxylic acid groups (broad SMARTS) is 1. The molecule has 0 aliphatic carbocycles. The summed E-state index contributed by atoms with van der Waals surface area (Å²) in [6.45, 7) is 5.21. The number of aromatic nitrogens is 3. The summed E-state index contributed by atoms with van der Waals surface area (Å²) in [4.78, 5) is 32.5. The van der Waals surface area contributed by atoms with Crippen molar-refractivity contribution in [2.45, 2.75) is 26.4 Å². The van der Waals surface area contributed by atoms with Gasteiger partial charge in [0.1, 0.15) is 10.8 Å². The zero-order chi connectivity index (χ0) is 20.5. The molecule has 7 nitrogen and oxygen atoms in total. The lowest BCUT2D eigenvalue weighted by molar-refractivity contribution is -0.131. The van der Waals surface area contributed by atoms with Gasteiger partial charge in [-0.2, -0.15) is 0 Å². The third-order valence-electron chi connectivity index (χ3n) is 3.65. The van der Waals surface area contributed by atoms with Gasteiger partial charge in [-0.05, 0) is 32.9 Å². The van der Waals surface area contributed by atoms with Crippen molar-refractivity contribution < 1.29 is 19.4 Å². The number of nitrogens with zero attached hydrogens (tertiary/aromatic N) is 3. The Hall–Kier alpha value is -3.19. The lowest BCUT2D eigenvalue weighted by atomic mass is 10.2. The Balaban J connectivity index is 2.25. The van der Waals surface area contributed by atoms with Gasteiger partial charge in [0.25, 0.3) is 0 Å². The second kappa shape index (κ2) is 7.44. The Bertz CT molecular complexity index is 1080. The van der Waals surface area contributed by atoms with E-state index in [9.17, 15) is 9.59 Å². The van der Waals surface area contributed by atoms with Crippen LogP contribution in [0.3, 0.4) is 0 Å². The highest BCUT2D eigenvalue weighted by molar-refractivity contribution is 6.34. The minimum Gasteiger partial charge on any atom is -0.478 e. The van der Waals surface area contributed by atoms with Gasteiger partial charge in [0, 0.05) is 11.6 Å². The molecule has 1 aromatic carbocycles. The van der Waals surface area contributed by atoms with Crippen molar-refractivity contribution in [3.63, 3.8) is 0 Å². The standard InChI is InChI=1S/C20H18ClN3O4/c1-20(2,3)28-19(27)24-13(9-10-15(25)26)11-14-16(21)22-17(23-18(14)24)12-7-5-4-6-8-12/h4-11H,1-3H3,(H,25,26)/b10-9+. The molecule has 0 bridgehead atoms. The van der Waals surface area contributed by atoms with Crippen LogP contribution >= 0.6 is 11.6 Å². The molecule has 0 amide bonds. The second-order valence-electron chi connectivity index (χ2n) is 7.00. The predicted molar refractivity (Wildman–Crippen MR) is 106 cm³/mol. The van der Waals surface area contributed by atoms with Crippen molar-refractivity contribution in [2.75, 3.05) is 0 Å². The van der Waals surface area contributed by atoms with Gasteiger partial charge in [-0.3, -0.25) is 0 Å². The van der Waals surface area contributed by atoms with Crippen LogP contribution < -0.4 is 0 Å². The number of carbonyl (C=O) groups excluding carboxylic acids is 1. The van der Waals surface area contributed by atoms with Crippen molar-refractivity contribution in [3.05, 3.63) is 53.3 Å². The third-order valence-corrected chi connectivity index (χ3v) is 3.93. The van der Waals surface area contributed by atoms with E-state index in [4.69, 9.17) is 21.4 Å². The van der Waals surface area contributed by atoms with Crippen LogP contribution in [-0.4, -0.2) is 37.3 Å². The van der Waals surface area contributed by atoms with Crippen LogP contribution in [0.5, 0.6) is 0 Å². The van der Waals surface area contributed by atoms with E-state index in [0.717, 1.165) is 11.6 Å². The first kappa shape index (κ1) is 19.6. The SMILES string of the molecule is CC(C)(C)OC(=O)n1c(/C=C/C(=O)O)cc2c(Cl)nc(-c3ccccc3)nc21. The number of halogens is 1. The van der Waals surface area contributed by atoms with Crippen LogP contribution in [0.1, 0.15) is 26.5 Å². The van der Waals surface area contributed by atoms with E-state index >= 15 is 0 Å². The normalized spacial score (nSPS) is 11.9. The van der Waals surface area contributed by atoms with Crippen LogP contribution in [0.2, 0.25) is 5.15 Å². The monoisotopic (exact) mass is 399 g/mol. The number of carbonyl (C=O) groups is 2. The molecule has 0 aliphatic rings. The Labute approximate surface area is 166 Å². The molecule has 2 aromatic heterocycles. The second-order valence-corrected chi connectivity index (χ2v) is 7.36. The van der Waals surface area contributed by atoms with E-state index in [2.05, 4.69) is 9.97 Å². The molecule has 0 unspecified atom stereocenters. The van der Waals surface area contributed by atoms with Crippen LogP contribution in [-0.2, 0) is 9.53 Å². The molecule has 0 radical (unpaired) electrons. The molecular formula is C20H18ClN3O4. The molecule has 8 heteroatoms. The van der Waals surface area contributed by atoms with Gasteiger partial charge in [-0.1, -0.05) is 41.9 Å². The van der Waals surface area contributed by atoms with Crippen LogP contribution in [0.25, 0.3) is 28.5 Å². The topological polar surface area (TPSA) is 94.3 Å². The lowest BCUT2D eigenvalue weighted by Gasteiger charge is -2.20. The molecule has 3 rings (SSSR count). The molecule has 0 atom stereocenters. The van der Waals surface area contributed by atoms with E-state index < -0.39 is 17.7 Å². The summed E-state index contributed by atoms with van der Waals surface area (Å²) >= 11 is 6.34. The number of ether oxygens (including phenoxy) is 1. The summed E-state index contributed by atoms with van der Waals surface area (Å²) in [6.07, 6.45) is 1.52. The lowest BCUT2D eigenvalue weighted by Crippen LogP contribution is -2.27. The third kappa shape index (κ3) is 4.20. The number of carboxylic acids is 1. The smallest absolute Gasteiger partial charge is 0.420 e. The van der Waals surface area contributed by atoms with Gasteiger partial charge in [0.15, 0.2) is 11.5 Å². The number of rotatable bonds is 3. The van der Waals surface area contributed by atoms with Crippen LogP contribution in [0.15, 0.2) is 42.5 Å². The highest BCUT2D eigenvalue weighted by Crippen LogP contribution is 2.29. The fraction of sp³-hybridized carbons (Fsp3) is 0.200. The number of benzene rings is 1. The average molecular weight is 400 g/mol. The molecule has 3 aromatic rings. The number of hydrogen-bond acceptors (Lipinski definition) is 5. The summed E-state index contributed by atoms with van der Waals surface area (Å²) in [5.74, 6) is -0.807. The molecule has 0 saturated heterocycles. The average Bonchev–Trinajstić information content (AvgIpc) is 2.98. The fourth-order valence-electron chi connectivity index (χ4n) is 2.56. The summed E-state index contributed by atoms with van der Waals surface area (Å²) in [5, 5.41) is 9.51. The first-order valence-corrected chi connectivity index (χ1v) is 8.82. The summed E-state index contributed by atoms with van der Waals surface area (Å²) < 4.78 is 6.66. The van der Waals surface area contributed by atoms with Gasteiger partial charge >= 0.3 is 12.1 Å². The molecule has 2 heterocycles. The van der Waals surface area contributed by atoms with Crippen LogP contribution in [0.4, 0.5) is 4.79 Å². The Morgan fingerprint density at radius 1 is 1.18 bits per heavy atom. The molecular weight excluding hydrogens is 382 g/mol. The van der Waals surface area contributed by atoms with E-state index in [1.165, 1.54) is 10.6 Å². The Morgan fingerprint density at radius 3 is 2.46 bits per heavy atom. The molecule has 1 N–H and O–H groups in total. The number of hydrogen-bond donors (Lipinski definition) is 1. The predicted octanol–water partition coefficient (Wildman–Crippen LogP) is 4.63. The van der Waals surface area contributed by atoms with E-state index in [1.807, 2.05) is 30.3 Å². The molecule has 0 fully saturated rings. The van der Waals surface area contributed by atoms with Crippen molar-refractivity contribution in [2.24, 2.45) is 0 Å². The maximum absolute atomic E-state index is 12.8. The van der Waals surface area contributed by atoms with Crippen molar-refractivity contribution in [1.82, 2.24) is 14.5 Å². The van der Waals surface area contributed by atoms with Crippen molar-refractivity contribution in [3.8, 4) is 11.4 Å². The molecule has 28 heavy (non-hydrogen) atoms. The van der Waals surface area contributed by atoms with Gasteiger partial charge in [-0.15, -0.1) is 0 Å². The summed E-state index contributed by atoms with van der Waals surface area (Å²) in [6, 6.07) is 10.7. The maximum Gasteiger partial charge on any atom is 0.420 e. The fourth-order valence-corrected chi connectivity index (χ4v) is 2.77. The molecule has 0 saturated carbocycles. The highest BCUT2D eigenvalue weighted by atomic mass is 35.5. The minimum absolute atomic E-state index is 0.149. The minimum atomic E-state index is -1.15. The number of aliphatic carboxylic acids is 1. The highest BCUT2D eigenvalue weighted by Gasteiger charge is 2.24.